The van der Waals surface area contributed by atoms with Gasteiger partial charge in [-0.2, -0.15) is 0 Å². The summed E-state index contributed by atoms with van der Waals surface area (Å²) in [6.45, 7) is 8.24. The van der Waals surface area contributed by atoms with E-state index in [-0.39, 0.29) is 12.1 Å². The fourth-order valence-corrected chi connectivity index (χ4v) is 4.26. The van der Waals surface area contributed by atoms with Gasteiger partial charge in [0, 0.05) is 38.9 Å². The second-order valence-electron chi connectivity index (χ2n) is 8.84. The van der Waals surface area contributed by atoms with E-state index in [2.05, 4.69) is 57.3 Å². The Morgan fingerprint density at radius 2 is 1.78 bits per heavy atom. The maximum absolute atomic E-state index is 12.5. The summed E-state index contributed by atoms with van der Waals surface area (Å²) in [5.41, 5.74) is 4.68. The predicted molar refractivity (Wildman–Crippen MR) is 129 cm³/mol. The number of carbonyl (C=O) groups is 1. The number of esters is 1. The second-order valence-corrected chi connectivity index (χ2v) is 8.84. The number of piperazine rings is 1. The molecule has 2 aliphatic rings. The molecule has 5 nitrogen and oxygen atoms in total. The van der Waals surface area contributed by atoms with Gasteiger partial charge in [0.05, 0.1) is 6.10 Å². The van der Waals surface area contributed by atoms with Crippen LogP contribution in [0, 0.1) is 0 Å². The maximum Gasteiger partial charge on any atom is 0.342 e. The molecule has 2 heterocycles. The van der Waals surface area contributed by atoms with E-state index in [0.29, 0.717) is 5.56 Å². The molecule has 4 rings (SSSR count). The lowest BCUT2D eigenvalue weighted by molar-refractivity contribution is 0.0378. The highest BCUT2D eigenvalue weighted by molar-refractivity contribution is 5.94. The molecule has 0 amide bonds. The normalized spacial score (nSPS) is 16.8. The molecule has 1 aliphatic heterocycles. The summed E-state index contributed by atoms with van der Waals surface area (Å²) >= 11 is 0. The first-order valence-electron chi connectivity index (χ1n) is 11.6. The zero-order valence-electron chi connectivity index (χ0n) is 19.2. The van der Waals surface area contributed by atoms with Crippen LogP contribution in [0.4, 0.5) is 5.82 Å². The Labute approximate surface area is 191 Å². The van der Waals surface area contributed by atoms with Crippen molar-refractivity contribution in [3.8, 4) is 0 Å². The molecule has 0 atom stereocenters. The minimum absolute atomic E-state index is 0.144. The quantitative estimate of drug-likeness (QED) is 0.590. The summed E-state index contributed by atoms with van der Waals surface area (Å²) in [6.07, 6.45) is 11.8. The minimum Gasteiger partial charge on any atom is -0.459 e. The minimum atomic E-state index is -0.301. The molecule has 0 saturated carbocycles. The SMILES string of the molecule is CC(C)OC(=O)c1cccnc1N1CCN(Cc2ccc(CC3=CCCC=C3)cc2)CC1. The molecule has 5 heteroatoms. The lowest BCUT2D eigenvalue weighted by atomic mass is 9.99. The number of ether oxygens (including phenoxy) is 1. The summed E-state index contributed by atoms with van der Waals surface area (Å²) in [5, 5.41) is 0. The van der Waals surface area contributed by atoms with E-state index >= 15 is 0 Å². The van der Waals surface area contributed by atoms with Crippen LogP contribution in [0.15, 0.2) is 66.4 Å². The summed E-state index contributed by atoms with van der Waals surface area (Å²) in [7, 11) is 0. The lowest BCUT2D eigenvalue weighted by Crippen LogP contribution is -2.46. The van der Waals surface area contributed by atoms with Crippen molar-refractivity contribution in [3.05, 3.63) is 83.1 Å². The van der Waals surface area contributed by atoms with Crippen LogP contribution in [0.25, 0.3) is 0 Å². The number of anilines is 1. The van der Waals surface area contributed by atoms with E-state index in [4.69, 9.17) is 4.74 Å². The number of benzene rings is 1. The van der Waals surface area contributed by atoms with Gasteiger partial charge in [-0.1, -0.05) is 42.5 Å². The number of nitrogens with zero attached hydrogens (tertiary/aromatic N) is 3. The summed E-state index contributed by atoms with van der Waals surface area (Å²) in [4.78, 5) is 21.6. The molecule has 0 spiro atoms. The molecular formula is C27H33N3O2. The number of hydrogen-bond donors (Lipinski definition) is 0. The molecule has 1 aromatic heterocycles. The number of pyridine rings is 1. The molecule has 168 valence electrons. The van der Waals surface area contributed by atoms with Gasteiger partial charge in [0.25, 0.3) is 0 Å². The molecule has 0 radical (unpaired) electrons. The largest absolute Gasteiger partial charge is 0.459 e. The Morgan fingerprint density at radius 1 is 1.03 bits per heavy atom. The second kappa shape index (κ2) is 10.6. The first kappa shape index (κ1) is 22.3. The third-order valence-corrected chi connectivity index (χ3v) is 5.93. The fraction of sp³-hybridized carbons (Fsp3) is 0.407. The Balaban J connectivity index is 1.31. The van der Waals surface area contributed by atoms with Crippen LogP contribution in [0.2, 0.25) is 0 Å². The van der Waals surface area contributed by atoms with Gasteiger partial charge in [-0.15, -0.1) is 0 Å². The van der Waals surface area contributed by atoms with Crippen molar-refractivity contribution >= 4 is 11.8 Å². The van der Waals surface area contributed by atoms with Crippen LogP contribution < -0.4 is 4.90 Å². The molecule has 1 aromatic carbocycles. The van der Waals surface area contributed by atoms with E-state index < -0.39 is 0 Å². The van der Waals surface area contributed by atoms with Crippen molar-refractivity contribution in [1.29, 1.82) is 0 Å². The van der Waals surface area contributed by atoms with E-state index in [1.807, 2.05) is 13.8 Å². The van der Waals surface area contributed by atoms with Gasteiger partial charge in [0.2, 0.25) is 0 Å². The highest BCUT2D eigenvalue weighted by Gasteiger charge is 2.23. The first-order valence-corrected chi connectivity index (χ1v) is 11.6. The average Bonchev–Trinajstić information content (AvgIpc) is 2.81. The monoisotopic (exact) mass is 431 g/mol. The van der Waals surface area contributed by atoms with Crippen molar-refractivity contribution in [2.24, 2.45) is 0 Å². The van der Waals surface area contributed by atoms with Crippen molar-refractivity contribution in [1.82, 2.24) is 9.88 Å². The molecule has 0 bridgehead atoms. The summed E-state index contributed by atoms with van der Waals surface area (Å²) < 4.78 is 5.40. The average molecular weight is 432 g/mol. The molecular weight excluding hydrogens is 398 g/mol. The van der Waals surface area contributed by atoms with Crippen LogP contribution >= 0.6 is 0 Å². The van der Waals surface area contributed by atoms with Gasteiger partial charge in [-0.3, -0.25) is 4.90 Å². The first-order chi connectivity index (χ1) is 15.6. The van der Waals surface area contributed by atoms with Gasteiger partial charge in [0.1, 0.15) is 11.4 Å². The molecule has 32 heavy (non-hydrogen) atoms. The third kappa shape index (κ3) is 5.86. The Hall–Kier alpha value is -2.92. The zero-order chi connectivity index (χ0) is 22.3. The van der Waals surface area contributed by atoms with E-state index in [1.54, 1.807) is 18.3 Å². The van der Waals surface area contributed by atoms with Crippen molar-refractivity contribution in [2.45, 2.75) is 45.8 Å². The van der Waals surface area contributed by atoms with Crippen LogP contribution in [0.1, 0.15) is 48.2 Å². The van der Waals surface area contributed by atoms with Gasteiger partial charge in [-0.05, 0) is 61.9 Å². The Morgan fingerprint density at radius 3 is 2.47 bits per heavy atom. The molecule has 1 saturated heterocycles. The van der Waals surface area contributed by atoms with Gasteiger partial charge < -0.3 is 9.64 Å². The van der Waals surface area contributed by atoms with Crippen LogP contribution in [-0.4, -0.2) is 48.1 Å². The molecule has 0 unspecified atom stereocenters. The number of aromatic nitrogens is 1. The molecule has 0 N–H and O–H groups in total. The van der Waals surface area contributed by atoms with Gasteiger partial charge in [-0.25, -0.2) is 9.78 Å². The van der Waals surface area contributed by atoms with Crippen LogP contribution in [0.5, 0.6) is 0 Å². The summed E-state index contributed by atoms with van der Waals surface area (Å²) in [5.74, 6) is 0.429. The highest BCUT2D eigenvalue weighted by Crippen LogP contribution is 2.22. The Bertz CT molecular complexity index is 971. The van der Waals surface area contributed by atoms with Crippen molar-refractivity contribution < 1.29 is 9.53 Å². The number of carbonyl (C=O) groups excluding carboxylic acids is 1. The lowest BCUT2D eigenvalue weighted by Gasteiger charge is -2.36. The van der Waals surface area contributed by atoms with E-state index in [1.165, 1.54) is 23.1 Å². The third-order valence-electron chi connectivity index (χ3n) is 5.93. The molecule has 1 aliphatic carbocycles. The zero-order valence-corrected chi connectivity index (χ0v) is 19.2. The molecule has 2 aromatic rings. The van der Waals surface area contributed by atoms with Gasteiger partial charge >= 0.3 is 5.97 Å². The number of rotatable bonds is 7. The number of hydrogen-bond acceptors (Lipinski definition) is 5. The smallest absolute Gasteiger partial charge is 0.342 e. The van der Waals surface area contributed by atoms with Crippen molar-refractivity contribution in [2.75, 3.05) is 31.1 Å². The summed E-state index contributed by atoms with van der Waals surface area (Å²) in [6, 6.07) is 12.6. The van der Waals surface area contributed by atoms with E-state index in [0.717, 1.165) is 51.4 Å². The highest BCUT2D eigenvalue weighted by atomic mass is 16.5. The van der Waals surface area contributed by atoms with Crippen LogP contribution in [-0.2, 0) is 17.7 Å². The van der Waals surface area contributed by atoms with E-state index in [9.17, 15) is 4.79 Å². The fourth-order valence-electron chi connectivity index (χ4n) is 4.26. The molecule has 1 fully saturated rings. The Kier molecular flexibility index (Phi) is 7.38. The maximum atomic E-state index is 12.5. The van der Waals surface area contributed by atoms with Crippen molar-refractivity contribution in [3.63, 3.8) is 0 Å². The predicted octanol–water partition coefficient (Wildman–Crippen LogP) is 4.79. The topological polar surface area (TPSA) is 45.7 Å². The van der Waals surface area contributed by atoms with Crippen LogP contribution in [0.3, 0.4) is 0 Å². The standard InChI is InChI=1S/C27H33N3O2/c1-21(2)32-27(31)25-9-6-14-28-26(25)30-17-15-29(16-18-30)20-24-12-10-23(11-13-24)19-22-7-4-3-5-8-22/h4,6-14,21H,3,5,15-20H2,1-2H3. The van der Waals surface area contributed by atoms with Gasteiger partial charge in [0.15, 0.2) is 0 Å². The number of allylic oxidation sites excluding steroid dienone is 4.